The van der Waals surface area contributed by atoms with Crippen LogP contribution in [0.4, 0.5) is 0 Å². The molecule has 3 heteroatoms. The molecule has 0 amide bonds. The highest BCUT2D eigenvalue weighted by Gasteiger charge is 2.28. The Morgan fingerprint density at radius 3 is 3.06 bits per heavy atom. The van der Waals surface area contributed by atoms with Crippen LogP contribution in [0.1, 0.15) is 37.9 Å². The molecule has 1 aliphatic rings. The summed E-state index contributed by atoms with van der Waals surface area (Å²) in [6.45, 7) is 8.14. The molecule has 0 saturated carbocycles. The Bertz CT molecular complexity index is 376. The largest absolute Gasteiger partial charge is 0.375 e. The predicted octanol–water partition coefficient (Wildman–Crippen LogP) is 2.44. The van der Waals surface area contributed by atoms with Crippen LogP contribution in [0.5, 0.6) is 0 Å². The van der Waals surface area contributed by atoms with Gasteiger partial charge in [-0.3, -0.25) is 4.98 Å². The lowest BCUT2D eigenvalue weighted by molar-refractivity contribution is -0.0631. The Morgan fingerprint density at radius 2 is 2.35 bits per heavy atom. The number of nitrogens with one attached hydrogen (secondary N) is 1. The molecule has 1 fully saturated rings. The molecule has 0 radical (unpaired) electrons. The lowest BCUT2D eigenvalue weighted by Crippen LogP contribution is -2.43. The maximum atomic E-state index is 5.72. The fourth-order valence-electron chi connectivity index (χ4n) is 2.35. The van der Waals surface area contributed by atoms with Gasteiger partial charge in [-0.25, -0.2) is 0 Å². The van der Waals surface area contributed by atoms with Gasteiger partial charge in [0.15, 0.2) is 0 Å². The second-order valence-corrected chi connectivity index (χ2v) is 5.45. The third kappa shape index (κ3) is 3.51. The van der Waals surface area contributed by atoms with Crippen molar-refractivity contribution in [3.05, 3.63) is 29.6 Å². The highest BCUT2D eigenvalue weighted by atomic mass is 16.5. The van der Waals surface area contributed by atoms with Gasteiger partial charge in [-0.2, -0.15) is 0 Å². The SMILES string of the molecule is Cc1cccnc1CNC1CCOC(C)(C)C1. The number of ether oxygens (including phenoxy) is 1. The van der Waals surface area contributed by atoms with Gasteiger partial charge in [-0.05, 0) is 45.2 Å². The maximum absolute atomic E-state index is 5.72. The Morgan fingerprint density at radius 1 is 1.53 bits per heavy atom. The van der Waals surface area contributed by atoms with E-state index in [-0.39, 0.29) is 5.60 Å². The van der Waals surface area contributed by atoms with Crippen LogP contribution in [0.2, 0.25) is 0 Å². The molecular weight excluding hydrogens is 212 g/mol. The molecule has 0 bridgehead atoms. The van der Waals surface area contributed by atoms with Gasteiger partial charge < -0.3 is 10.1 Å². The summed E-state index contributed by atoms with van der Waals surface area (Å²) in [5.74, 6) is 0. The molecule has 1 N–H and O–H groups in total. The zero-order valence-corrected chi connectivity index (χ0v) is 11.0. The summed E-state index contributed by atoms with van der Waals surface area (Å²) in [5.41, 5.74) is 2.41. The topological polar surface area (TPSA) is 34.2 Å². The fraction of sp³-hybridized carbons (Fsp3) is 0.643. The second-order valence-electron chi connectivity index (χ2n) is 5.45. The number of pyridine rings is 1. The van der Waals surface area contributed by atoms with Crippen LogP contribution in [0.3, 0.4) is 0 Å². The Labute approximate surface area is 104 Å². The molecule has 17 heavy (non-hydrogen) atoms. The van der Waals surface area contributed by atoms with E-state index in [1.807, 2.05) is 12.3 Å². The van der Waals surface area contributed by atoms with Crippen molar-refractivity contribution in [3.8, 4) is 0 Å². The monoisotopic (exact) mass is 234 g/mol. The fourth-order valence-corrected chi connectivity index (χ4v) is 2.35. The van der Waals surface area contributed by atoms with E-state index in [0.29, 0.717) is 6.04 Å². The summed E-state index contributed by atoms with van der Waals surface area (Å²) >= 11 is 0. The normalized spacial score (nSPS) is 23.6. The molecule has 2 heterocycles. The molecule has 1 aromatic rings. The minimum Gasteiger partial charge on any atom is -0.375 e. The smallest absolute Gasteiger partial charge is 0.0641 e. The molecule has 0 aliphatic carbocycles. The van der Waals surface area contributed by atoms with E-state index < -0.39 is 0 Å². The highest BCUT2D eigenvalue weighted by molar-refractivity contribution is 5.17. The number of rotatable bonds is 3. The second kappa shape index (κ2) is 5.15. The third-order valence-electron chi connectivity index (χ3n) is 3.37. The minimum atomic E-state index is 0.00901. The Hall–Kier alpha value is -0.930. The van der Waals surface area contributed by atoms with Crippen molar-refractivity contribution in [3.63, 3.8) is 0 Å². The lowest BCUT2D eigenvalue weighted by Gasteiger charge is -2.36. The highest BCUT2D eigenvalue weighted by Crippen LogP contribution is 2.24. The van der Waals surface area contributed by atoms with E-state index in [4.69, 9.17) is 4.74 Å². The predicted molar refractivity (Wildman–Crippen MR) is 68.9 cm³/mol. The van der Waals surface area contributed by atoms with Crippen molar-refractivity contribution >= 4 is 0 Å². The molecule has 3 nitrogen and oxygen atoms in total. The van der Waals surface area contributed by atoms with Crippen molar-refractivity contribution in [2.24, 2.45) is 0 Å². The van der Waals surface area contributed by atoms with Crippen LogP contribution in [0.15, 0.2) is 18.3 Å². The molecule has 1 aliphatic heterocycles. The summed E-state index contributed by atoms with van der Waals surface area (Å²) in [6.07, 6.45) is 4.02. The van der Waals surface area contributed by atoms with Crippen molar-refractivity contribution in [2.75, 3.05) is 6.61 Å². The molecule has 0 aromatic carbocycles. The van der Waals surface area contributed by atoms with Crippen molar-refractivity contribution in [1.29, 1.82) is 0 Å². The molecule has 94 valence electrons. The average Bonchev–Trinajstić information content (AvgIpc) is 2.27. The van der Waals surface area contributed by atoms with Crippen LogP contribution < -0.4 is 5.32 Å². The van der Waals surface area contributed by atoms with Crippen LogP contribution in [-0.4, -0.2) is 23.2 Å². The number of nitrogens with zero attached hydrogens (tertiary/aromatic N) is 1. The number of aryl methyl sites for hydroxylation is 1. The molecule has 1 saturated heterocycles. The summed E-state index contributed by atoms with van der Waals surface area (Å²) in [5, 5.41) is 3.59. The Balaban J connectivity index is 1.88. The first-order chi connectivity index (χ1) is 8.07. The van der Waals surface area contributed by atoms with E-state index in [1.54, 1.807) is 0 Å². The third-order valence-corrected chi connectivity index (χ3v) is 3.37. The van der Waals surface area contributed by atoms with Gasteiger partial charge >= 0.3 is 0 Å². The summed E-state index contributed by atoms with van der Waals surface area (Å²) in [6, 6.07) is 4.63. The molecular formula is C14H22N2O. The van der Waals surface area contributed by atoms with E-state index in [2.05, 4.69) is 37.1 Å². The van der Waals surface area contributed by atoms with Crippen molar-refractivity contribution in [1.82, 2.24) is 10.3 Å². The van der Waals surface area contributed by atoms with Gasteiger partial charge in [0.05, 0.1) is 11.3 Å². The summed E-state index contributed by atoms with van der Waals surface area (Å²) < 4.78 is 5.72. The minimum absolute atomic E-state index is 0.00901. The standard InChI is InChI=1S/C14H22N2O/c1-11-5-4-7-15-13(11)10-16-12-6-8-17-14(2,3)9-12/h4-5,7,12,16H,6,8-10H2,1-3H3. The van der Waals surface area contributed by atoms with Gasteiger partial charge in [0, 0.05) is 25.4 Å². The van der Waals surface area contributed by atoms with Gasteiger partial charge in [0.2, 0.25) is 0 Å². The first kappa shape index (κ1) is 12.5. The molecule has 1 aromatic heterocycles. The van der Waals surface area contributed by atoms with E-state index in [1.165, 1.54) is 5.56 Å². The summed E-state index contributed by atoms with van der Waals surface area (Å²) in [4.78, 5) is 4.41. The van der Waals surface area contributed by atoms with Gasteiger partial charge in [0.1, 0.15) is 0 Å². The van der Waals surface area contributed by atoms with Crippen LogP contribution in [0, 0.1) is 6.92 Å². The van der Waals surface area contributed by atoms with Crippen LogP contribution in [-0.2, 0) is 11.3 Å². The van der Waals surface area contributed by atoms with Crippen molar-refractivity contribution < 1.29 is 4.74 Å². The lowest BCUT2D eigenvalue weighted by atomic mass is 9.94. The van der Waals surface area contributed by atoms with Gasteiger partial charge in [0.25, 0.3) is 0 Å². The Kier molecular flexibility index (Phi) is 3.79. The van der Waals surface area contributed by atoms with Crippen LogP contribution >= 0.6 is 0 Å². The van der Waals surface area contributed by atoms with Gasteiger partial charge in [-0.15, -0.1) is 0 Å². The molecule has 2 rings (SSSR count). The van der Waals surface area contributed by atoms with E-state index in [9.17, 15) is 0 Å². The van der Waals surface area contributed by atoms with E-state index in [0.717, 1.165) is 31.7 Å². The first-order valence-corrected chi connectivity index (χ1v) is 6.35. The summed E-state index contributed by atoms with van der Waals surface area (Å²) in [7, 11) is 0. The molecule has 1 atom stereocenters. The van der Waals surface area contributed by atoms with E-state index >= 15 is 0 Å². The quantitative estimate of drug-likeness (QED) is 0.872. The molecule has 1 unspecified atom stereocenters. The number of hydrogen-bond acceptors (Lipinski definition) is 3. The maximum Gasteiger partial charge on any atom is 0.0641 e. The average molecular weight is 234 g/mol. The number of hydrogen-bond donors (Lipinski definition) is 1. The van der Waals surface area contributed by atoms with Crippen LogP contribution in [0.25, 0.3) is 0 Å². The van der Waals surface area contributed by atoms with Crippen molar-refractivity contribution in [2.45, 2.75) is 51.8 Å². The van der Waals surface area contributed by atoms with Gasteiger partial charge in [-0.1, -0.05) is 6.07 Å². The first-order valence-electron chi connectivity index (χ1n) is 6.35. The zero-order valence-electron chi connectivity index (χ0n) is 11.0. The number of aromatic nitrogens is 1. The molecule has 0 spiro atoms. The zero-order chi connectivity index (χ0) is 12.3.